The Labute approximate surface area is 139 Å². The molecule has 0 atom stereocenters. The normalized spacial score (nSPS) is 10.3. The Morgan fingerprint density at radius 2 is 1.87 bits per heavy atom. The van der Waals surface area contributed by atoms with E-state index in [9.17, 15) is 0 Å². The van der Waals surface area contributed by atoms with E-state index in [1.54, 1.807) is 18.6 Å². The van der Waals surface area contributed by atoms with Crippen molar-refractivity contribution in [3.05, 3.63) is 71.1 Å². The number of rotatable bonds is 5. The van der Waals surface area contributed by atoms with E-state index < -0.39 is 0 Å². The second-order valence-corrected chi connectivity index (χ2v) is 5.42. The molecule has 5 nitrogen and oxygen atoms in total. The summed E-state index contributed by atoms with van der Waals surface area (Å²) in [5.74, 6) is 1.27. The third-order valence-electron chi connectivity index (χ3n) is 3.39. The molecule has 0 saturated carbocycles. The maximum absolute atomic E-state index is 6.13. The summed E-state index contributed by atoms with van der Waals surface area (Å²) in [6.07, 6.45) is 5.25. The number of hydrogen-bond acceptors (Lipinski definition) is 5. The highest BCUT2D eigenvalue weighted by molar-refractivity contribution is 6.31. The van der Waals surface area contributed by atoms with Gasteiger partial charge >= 0.3 is 0 Å². The van der Waals surface area contributed by atoms with Crippen molar-refractivity contribution in [3.8, 4) is 0 Å². The van der Waals surface area contributed by atoms with Gasteiger partial charge in [-0.05, 0) is 48.4 Å². The van der Waals surface area contributed by atoms with Gasteiger partial charge in [-0.3, -0.25) is 4.98 Å². The van der Waals surface area contributed by atoms with Crippen molar-refractivity contribution in [1.82, 2.24) is 15.0 Å². The van der Waals surface area contributed by atoms with E-state index in [1.165, 1.54) is 0 Å². The molecule has 0 aliphatic rings. The zero-order chi connectivity index (χ0) is 16.1. The van der Waals surface area contributed by atoms with Gasteiger partial charge in [0.05, 0.1) is 0 Å². The highest BCUT2D eigenvalue weighted by Crippen LogP contribution is 2.25. The SMILES string of the molecule is Cc1c(Cl)cccc1Nc1nccc(NCc2ccncc2)n1. The second kappa shape index (κ2) is 7.07. The van der Waals surface area contributed by atoms with Gasteiger partial charge in [0.2, 0.25) is 5.95 Å². The number of pyridine rings is 1. The van der Waals surface area contributed by atoms with Crippen LogP contribution in [0.15, 0.2) is 55.0 Å². The van der Waals surface area contributed by atoms with Crippen LogP contribution in [0.2, 0.25) is 5.02 Å². The average molecular weight is 326 g/mol. The second-order valence-electron chi connectivity index (χ2n) is 5.01. The van der Waals surface area contributed by atoms with E-state index in [1.807, 2.05) is 43.3 Å². The van der Waals surface area contributed by atoms with Crippen LogP contribution in [0.4, 0.5) is 17.5 Å². The Morgan fingerprint density at radius 1 is 1.04 bits per heavy atom. The molecule has 2 heterocycles. The molecule has 2 aromatic heterocycles. The minimum absolute atomic E-state index is 0.523. The molecule has 0 aliphatic heterocycles. The molecular weight excluding hydrogens is 310 g/mol. The highest BCUT2D eigenvalue weighted by atomic mass is 35.5. The minimum Gasteiger partial charge on any atom is -0.366 e. The lowest BCUT2D eigenvalue weighted by Gasteiger charge is -2.11. The summed E-state index contributed by atoms with van der Waals surface area (Å²) < 4.78 is 0. The van der Waals surface area contributed by atoms with Crippen LogP contribution in [0.3, 0.4) is 0 Å². The van der Waals surface area contributed by atoms with Gasteiger partial charge in [-0.15, -0.1) is 0 Å². The summed E-state index contributed by atoms with van der Waals surface area (Å²) in [6.45, 7) is 2.63. The number of aromatic nitrogens is 3. The monoisotopic (exact) mass is 325 g/mol. The van der Waals surface area contributed by atoms with Gasteiger partial charge in [-0.25, -0.2) is 4.98 Å². The largest absolute Gasteiger partial charge is 0.366 e. The Bertz CT molecular complexity index is 792. The molecule has 0 spiro atoms. The van der Waals surface area contributed by atoms with Crippen LogP contribution in [0, 0.1) is 6.92 Å². The summed E-state index contributed by atoms with van der Waals surface area (Å²) in [5.41, 5.74) is 3.00. The molecular formula is C17H16ClN5. The van der Waals surface area contributed by atoms with Gasteiger partial charge in [-0.1, -0.05) is 17.7 Å². The number of halogens is 1. The van der Waals surface area contributed by atoms with Gasteiger partial charge in [0.25, 0.3) is 0 Å². The van der Waals surface area contributed by atoms with Crippen LogP contribution in [-0.2, 0) is 6.54 Å². The molecule has 116 valence electrons. The van der Waals surface area contributed by atoms with E-state index in [0.29, 0.717) is 17.5 Å². The first kappa shape index (κ1) is 15.2. The highest BCUT2D eigenvalue weighted by Gasteiger charge is 2.05. The third-order valence-corrected chi connectivity index (χ3v) is 3.80. The average Bonchev–Trinajstić information content (AvgIpc) is 2.59. The van der Waals surface area contributed by atoms with E-state index in [4.69, 9.17) is 11.6 Å². The van der Waals surface area contributed by atoms with E-state index in [2.05, 4.69) is 25.6 Å². The maximum Gasteiger partial charge on any atom is 0.229 e. The summed E-state index contributed by atoms with van der Waals surface area (Å²) >= 11 is 6.13. The summed E-state index contributed by atoms with van der Waals surface area (Å²) in [5, 5.41) is 7.17. The minimum atomic E-state index is 0.523. The fourth-order valence-corrected chi connectivity index (χ4v) is 2.25. The number of nitrogens with zero attached hydrogens (tertiary/aromatic N) is 3. The number of nitrogens with one attached hydrogen (secondary N) is 2. The molecule has 0 saturated heterocycles. The van der Waals surface area contributed by atoms with Crippen LogP contribution in [0.25, 0.3) is 0 Å². The lowest BCUT2D eigenvalue weighted by Crippen LogP contribution is -2.04. The molecule has 3 aromatic rings. The van der Waals surface area contributed by atoms with Crippen molar-refractivity contribution >= 4 is 29.1 Å². The van der Waals surface area contributed by atoms with Crippen molar-refractivity contribution < 1.29 is 0 Å². The first-order chi connectivity index (χ1) is 11.2. The standard InChI is InChI=1S/C17H16ClN5/c1-12-14(18)3-2-4-15(12)22-17-20-10-7-16(23-17)21-11-13-5-8-19-9-6-13/h2-10H,11H2,1H3,(H2,20,21,22,23). The molecule has 0 bridgehead atoms. The van der Waals surface area contributed by atoms with Gasteiger partial charge < -0.3 is 10.6 Å². The summed E-state index contributed by atoms with van der Waals surface area (Å²) in [7, 11) is 0. The van der Waals surface area contributed by atoms with Crippen molar-refractivity contribution in [2.45, 2.75) is 13.5 Å². The zero-order valence-corrected chi connectivity index (χ0v) is 13.4. The molecule has 0 aliphatic carbocycles. The third kappa shape index (κ3) is 3.96. The number of benzene rings is 1. The van der Waals surface area contributed by atoms with Crippen LogP contribution < -0.4 is 10.6 Å². The van der Waals surface area contributed by atoms with Crippen LogP contribution in [-0.4, -0.2) is 15.0 Å². The Hall–Kier alpha value is -2.66. The van der Waals surface area contributed by atoms with Gasteiger partial charge in [-0.2, -0.15) is 4.98 Å². The van der Waals surface area contributed by atoms with Crippen molar-refractivity contribution in [3.63, 3.8) is 0 Å². The molecule has 0 radical (unpaired) electrons. The van der Waals surface area contributed by atoms with Crippen LogP contribution in [0.1, 0.15) is 11.1 Å². The Morgan fingerprint density at radius 3 is 2.70 bits per heavy atom. The molecule has 6 heteroatoms. The number of anilines is 3. The lowest BCUT2D eigenvalue weighted by atomic mass is 10.2. The lowest BCUT2D eigenvalue weighted by molar-refractivity contribution is 1.07. The Kier molecular flexibility index (Phi) is 4.68. The van der Waals surface area contributed by atoms with Crippen molar-refractivity contribution in [1.29, 1.82) is 0 Å². The molecule has 0 fully saturated rings. The van der Waals surface area contributed by atoms with Crippen molar-refractivity contribution in [2.75, 3.05) is 10.6 Å². The van der Waals surface area contributed by atoms with Gasteiger partial charge in [0, 0.05) is 35.8 Å². The first-order valence-corrected chi connectivity index (χ1v) is 7.58. The summed E-state index contributed by atoms with van der Waals surface area (Å²) in [6, 6.07) is 11.4. The predicted octanol–water partition coefficient (Wildman–Crippen LogP) is 4.19. The van der Waals surface area contributed by atoms with E-state index in [0.717, 1.165) is 22.6 Å². The fraction of sp³-hybridized carbons (Fsp3) is 0.118. The Balaban J connectivity index is 1.71. The van der Waals surface area contributed by atoms with Gasteiger partial charge in [0.1, 0.15) is 5.82 Å². The number of hydrogen-bond donors (Lipinski definition) is 2. The van der Waals surface area contributed by atoms with Crippen LogP contribution in [0.5, 0.6) is 0 Å². The molecule has 0 unspecified atom stereocenters. The molecule has 2 N–H and O–H groups in total. The fourth-order valence-electron chi connectivity index (χ4n) is 2.07. The molecule has 0 amide bonds. The molecule has 1 aromatic carbocycles. The van der Waals surface area contributed by atoms with Gasteiger partial charge in [0.15, 0.2) is 0 Å². The molecule has 23 heavy (non-hydrogen) atoms. The van der Waals surface area contributed by atoms with E-state index in [-0.39, 0.29) is 0 Å². The van der Waals surface area contributed by atoms with Crippen molar-refractivity contribution in [2.24, 2.45) is 0 Å². The maximum atomic E-state index is 6.13. The molecule has 3 rings (SSSR count). The zero-order valence-electron chi connectivity index (χ0n) is 12.6. The van der Waals surface area contributed by atoms with E-state index >= 15 is 0 Å². The smallest absolute Gasteiger partial charge is 0.229 e. The topological polar surface area (TPSA) is 62.7 Å². The summed E-state index contributed by atoms with van der Waals surface area (Å²) in [4.78, 5) is 12.7. The quantitative estimate of drug-likeness (QED) is 0.736. The first-order valence-electron chi connectivity index (χ1n) is 7.20. The van der Waals surface area contributed by atoms with Crippen LogP contribution >= 0.6 is 11.6 Å². The predicted molar refractivity (Wildman–Crippen MR) is 93.1 cm³/mol.